The third-order valence-electron chi connectivity index (χ3n) is 10.1. The van der Waals surface area contributed by atoms with Gasteiger partial charge in [0.1, 0.15) is 11.5 Å². The molecule has 0 aliphatic carbocycles. The number of unbranched alkanes of at least 4 members (excludes halogenated alkanes) is 10. The van der Waals surface area contributed by atoms with E-state index < -0.39 is 0 Å². The molecule has 46 heavy (non-hydrogen) atoms. The van der Waals surface area contributed by atoms with E-state index in [4.69, 9.17) is 0 Å². The molecule has 6 rings (SSSR count). The Labute approximate surface area is 275 Å². The first kappa shape index (κ1) is 31.9. The molecule has 0 bridgehead atoms. The van der Waals surface area contributed by atoms with Crippen molar-refractivity contribution in [3.05, 3.63) is 96.1 Å². The second kappa shape index (κ2) is 15.0. The second-order valence-corrected chi connectivity index (χ2v) is 13.3. The van der Waals surface area contributed by atoms with Crippen LogP contribution < -0.4 is 0 Å². The summed E-state index contributed by atoms with van der Waals surface area (Å²) in [4.78, 5) is 0. The van der Waals surface area contributed by atoms with Crippen LogP contribution in [0.25, 0.3) is 54.2 Å². The van der Waals surface area contributed by atoms with Crippen molar-refractivity contribution in [2.24, 2.45) is 0 Å². The summed E-state index contributed by atoms with van der Waals surface area (Å²) in [5.41, 5.74) is 4.72. The lowest BCUT2D eigenvalue weighted by Gasteiger charge is -2.21. The van der Waals surface area contributed by atoms with Crippen LogP contribution in [0.5, 0.6) is 11.5 Å². The van der Waals surface area contributed by atoms with Crippen LogP contribution in [0.3, 0.4) is 0 Å². The Morgan fingerprint density at radius 1 is 0.370 bits per heavy atom. The van der Waals surface area contributed by atoms with Gasteiger partial charge in [-0.05, 0) is 69.5 Å². The maximum atomic E-state index is 11.9. The zero-order valence-electron chi connectivity index (χ0n) is 27.9. The molecular formula is C44H50O2. The minimum atomic E-state index is 0.382. The lowest BCUT2D eigenvalue weighted by Crippen LogP contribution is -1.96. The quantitative estimate of drug-likeness (QED) is 0.0897. The number of phenolic OH excluding ortho intramolecular Hbond substituents is 2. The van der Waals surface area contributed by atoms with E-state index >= 15 is 0 Å². The highest BCUT2D eigenvalue weighted by molar-refractivity contribution is 6.27. The van der Waals surface area contributed by atoms with Gasteiger partial charge in [-0.2, -0.15) is 0 Å². The van der Waals surface area contributed by atoms with Gasteiger partial charge in [0, 0.05) is 21.5 Å². The van der Waals surface area contributed by atoms with Gasteiger partial charge >= 0.3 is 0 Å². The maximum Gasteiger partial charge on any atom is 0.131 e. The van der Waals surface area contributed by atoms with Gasteiger partial charge in [-0.3, -0.25) is 0 Å². The van der Waals surface area contributed by atoms with E-state index in [1.54, 1.807) is 0 Å². The average molecular weight is 611 g/mol. The molecule has 0 fully saturated rings. The van der Waals surface area contributed by atoms with Crippen LogP contribution in [0.15, 0.2) is 84.9 Å². The van der Waals surface area contributed by atoms with Crippen LogP contribution in [0, 0.1) is 0 Å². The van der Waals surface area contributed by atoms with Crippen molar-refractivity contribution in [2.45, 2.75) is 104 Å². The largest absolute Gasteiger partial charge is 0.507 e. The Balaban J connectivity index is 1.56. The highest BCUT2D eigenvalue weighted by atomic mass is 16.3. The fraction of sp³-hybridized carbons (Fsp3) is 0.364. The Bertz CT molecular complexity index is 1810. The molecule has 0 spiro atoms. The number of hydrogen-bond acceptors (Lipinski definition) is 2. The molecule has 2 N–H and O–H groups in total. The molecule has 0 amide bonds. The third-order valence-corrected chi connectivity index (χ3v) is 10.1. The van der Waals surface area contributed by atoms with Crippen molar-refractivity contribution >= 4 is 43.1 Å². The highest BCUT2D eigenvalue weighted by Gasteiger charge is 2.23. The summed E-state index contributed by atoms with van der Waals surface area (Å²) in [6.45, 7) is 4.52. The molecule has 0 saturated carbocycles. The second-order valence-electron chi connectivity index (χ2n) is 13.3. The summed E-state index contributed by atoms with van der Waals surface area (Å²) in [7, 11) is 0. The third kappa shape index (κ3) is 6.32. The number of phenols is 2. The van der Waals surface area contributed by atoms with Gasteiger partial charge in [0.25, 0.3) is 0 Å². The van der Waals surface area contributed by atoms with Crippen molar-refractivity contribution in [3.8, 4) is 22.6 Å². The monoisotopic (exact) mass is 610 g/mol. The van der Waals surface area contributed by atoms with E-state index in [0.29, 0.717) is 11.5 Å². The van der Waals surface area contributed by atoms with Crippen LogP contribution in [0.4, 0.5) is 0 Å². The Morgan fingerprint density at radius 2 is 0.717 bits per heavy atom. The molecule has 6 aromatic carbocycles. The SMILES string of the molecule is CCCCCCCCc1cccc2c(-c3c4ccccc4c(O)c4c(CCCCCCCC)cccc34)c3ccccc3c(O)c12. The van der Waals surface area contributed by atoms with Crippen LogP contribution in [-0.4, -0.2) is 10.2 Å². The van der Waals surface area contributed by atoms with Gasteiger partial charge in [0.05, 0.1) is 0 Å². The first-order chi connectivity index (χ1) is 22.7. The molecule has 0 radical (unpaired) electrons. The summed E-state index contributed by atoms with van der Waals surface area (Å²) in [6, 6.07) is 29.8. The molecule has 238 valence electrons. The fourth-order valence-electron chi connectivity index (χ4n) is 7.70. The van der Waals surface area contributed by atoms with Crippen LogP contribution in [0.1, 0.15) is 102 Å². The number of hydrogen-bond donors (Lipinski definition) is 2. The van der Waals surface area contributed by atoms with Crippen LogP contribution in [-0.2, 0) is 12.8 Å². The number of aromatic hydroxyl groups is 2. The standard InChI is InChI=1S/C44H50O2/c1-3-5-7-9-11-13-21-31-23-19-29-37-39(31)43(45)35-27-17-15-25-33(35)41(37)42-34-26-16-18-28-36(34)44(46)40-32(24-20-30-38(40)42)22-14-12-10-8-6-4-2/h15-20,23-30,45-46H,3-14,21-22H2,1-2H3. The minimum Gasteiger partial charge on any atom is -0.507 e. The zero-order valence-corrected chi connectivity index (χ0v) is 27.9. The molecule has 0 saturated heterocycles. The van der Waals surface area contributed by atoms with Crippen molar-refractivity contribution < 1.29 is 10.2 Å². The van der Waals surface area contributed by atoms with E-state index in [2.05, 4.69) is 86.6 Å². The van der Waals surface area contributed by atoms with Gasteiger partial charge < -0.3 is 10.2 Å². The number of aryl methyl sites for hydroxylation is 2. The Hall–Kier alpha value is -4.04. The maximum absolute atomic E-state index is 11.9. The van der Waals surface area contributed by atoms with Crippen molar-refractivity contribution in [1.82, 2.24) is 0 Å². The Kier molecular flexibility index (Phi) is 10.4. The fourth-order valence-corrected chi connectivity index (χ4v) is 7.70. The summed E-state index contributed by atoms with van der Waals surface area (Å²) >= 11 is 0. The first-order valence-corrected chi connectivity index (χ1v) is 18.0. The summed E-state index contributed by atoms with van der Waals surface area (Å²) in [6.07, 6.45) is 16.8. The van der Waals surface area contributed by atoms with Gasteiger partial charge in [-0.25, -0.2) is 0 Å². The molecule has 2 nitrogen and oxygen atoms in total. The number of rotatable bonds is 15. The topological polar surface area (TPSA) is 40.5 Å². The minimum absolute atomic E-state index is 0.382. The van der Waals surface area contributed by atoms with E-state index in [1.807, 2.05) is 12.1 Å². The summed E-state index contributed by atoms with van der Waals surface area (Å²) < 4.78 is 0. The number of fused-ring (bicyclic) bond motifs is 4. The predicted molar refractivity (Wildman–Crippen MR) is 199 cm³/mol. The smallest absolute Gasteiger partial charge is 0.131 e. The lowest BCUT2D eigenvalue weighted by molar-refractivity contribution is 0.486. The predicted octanol–water partition coefficient (Wildman–Crippen LogP) is 13.2. The molecule has 0 aliphatic rings. The summed E-state index contributed by atoms with van der Waals surface area (Å²) in [5, 5.41) is 31.7. The normalized spacial score (nSPS) is 11.8. The molecule has 2 heteroatoms. The van der Waals surface area contributed by atoms with Gasteiger partial charge in [0.2, 0.25) is 0 Å². The van der Waals surface area contributed by atoms with E-state index in [-0.39, 0.29) is 0 Å². The van der Waals surface area contributed by atoms with Crippen molar-refractivity contribution in [2.75, 3.05) is 0 Å². The zero-order chi connectivity index (χ0) is 31.9. The van der Waals surface area contributed by atoms with Gasteiger partial charge in [-0.15, -0.1) is 0 Å². The molecule has 0 aromatic heterocycles. The van der Waals surface area contributed by atoms with Gasteiger partial charge in [0.15, 0.2) is 0 Å². The average Bonchev–Trinajstić information content (AvgIpc) is 3.09. The van der Waals surface area contributed by atoms with Crippen LogP contribution >= 0.6 is 0 Å². The van der Waals surface area contributed by atoms with Crippen LogP contribution in [0.2, 0.25) is 0 Å². The Morgan fingerprint density at radius 3 is 1.13 bits per heavy atom. The lowest BCUT2D eigenvalue weighted by atomic mass is 9.83. The molecular weight excluding hydrogens is 560 g/mol. The molecule has 0 atom stereocenters. The highest BCUT2D eigenvalue weighted by Crippen LogP contribution is 2.50. The number of benzene rings is 6. The molecule has 0 aliphatic heterocycles. The van der Waals surface area contributed by atoms with Gasteiger partial charge in [-0.1, -0.05) is 163 Å². The summed E-state index contributed by atoms with van der Waals surface area (Å²) in [5.74, 6) is 0.763. The van der Waals surface area contributed by atoms with Crippen molar-refractivity contribution in [3.63, 3.8) is 0 Å². The van der Waals surface area contributed by atoms with Crippen molar-refractivity contribution in [1.29, 1.82) is 0 Å². The van der Waals surface area contributed by atoms with E-state index in [1.165, 1.54) is 75.3 Å². The van der Waals surface area contributed by atoms with E-state index in [9.17, 15) is 10.2 Å². The first-order valence-electron chi connectivity index (χ1n) is 18.0. The molecule has 0 unspecified atom stereocenters. The molecule has 6 aromatic rings. The van der Waals surface area contributed by atoms with E-state index in [0.717, 1.165) is 79.9 Å². The molecule has 0 heterocycles.